The van der Waals surface area contributed by atoms with Gasteiger partial charge in [-0.15, -0.1) is 0 Å². The molecule has 3 rings (SSSR count). The summed E-state index contributed by atoms with van der Waals surface area (Å²) >= 11 is 0. The molecule has 2 aliphatic heterocycles. The summed E-state index contributed by atoms with van der Waals surface area (Å²) in [4.78, 5) is 13.6. The lowest BCUT2D eigenvalue weighted by Gasteiger charge is -2.39. The quantitative estimate of drug-likeness (QED) is 0.905. The van der Waals surface area contributed by atoms with Crippen LogP contribution < -0.4 is 5.32 Å². The molecule has 1 aromatic rings. The smallest absolute Gasteiger partial charge is 0.362 e. The van der Waals surface area contributed by atoms with Crippen LogP contribution >= 0.6 is 0 Å². The highest BCUT2D eigenvalue weighted by Gasteiger charge is 2.42. The minimum absolute atomic E-state index is 0.0133. The van der Waals surface area contributed by atoms with Crippen LogP contribution in [0.3, 0.4) is 0 Å². The third-order valence-corrected chi connectivity index (χ3v) is 4.17. The van der Waals surface area contributed by atoms with Crippen LogP contribution in [0.15, 0.2) is 24.3 Å². The van der Waals surface area contributed by atoms with Crippen LogP contribution in [-0.4, -0.2) is 42.6 Å². The van der Waals surface area contributed by atoms with E-state index in [1.54, 1.807) is 11.0 Å². The maximum Gasteiger partial charge on any atom is 0.416 e. The molecule has 2 saturated heterocycles. The summed E-state index contributed by atoms with van der Waals surface area (Å²) in [6, 6.07) is 5.11. The molecule has 0 aromatic heterocycles. The molecule has 0 saturated carbocycles. The van der Waals surface area contributed by atoms with Gasteiger partial charge < -0.3 is 15.0 Å². The van der Waals surface area contributed by atoms with Crippen LogP contribution in [0.25, 0.3) is 0 Å². The van der Waals surface area contributed by atoms with E-state index in [1.165, 1.54) is 6.07 Å². The zero-order chi connectivity index (χ0) is 15.8. The van der Waals surface area contributed by atoms with Gasteiger partial charge in [0.25, 0.3) is 0 Å². The highest BCUT2D eigenvalue weighted by Crippen LogP contribution is 2.30. The number of morpholine rings is 1. The SMILES string of the molecule is O=C1COC2(CCNC2)CN1Cc1cccc(C(F)(F)F)c1. The number of ether oxygens (including phenoxy) is 1. The maximum atomic E-state index is 12.8. The zero-order valence-electron chi connectivity index (χ0n) is 11.9. The van der Waals surface area contributed by atoms with Gasteiger partial charge in [0, 0.05) is 13.1 Å². The van der Waals surface area contributed by atoms with Gasteiger partial charge in [-0.3, -0.25) is 4.79 Å². The van der Waals surface area contributed by atoms with E-state index in [1.807, 2.05) is 0 Å². The molecule has 4 nitrogen and oxygen atoms in total. The Bertz CT molecular complexity index is 568. The number of hydrogen-bond acceptors (Lipinski definition) is 3. The van der Waals surface area contributed by atoms with Crippen molar-refractivity contribution >= 4 is 5.91 Å². The van der Waals surface area contributed by atoms with Crippen molar-refractivity contribution in [3.05, 3.63) is 35.4 Å². The van der Waals surface area contributed by atoms with Gasteiger partial charge in [0.1, 0.15) is 6.61 Å². The summed E-state index contributed by atoms with van der Waals surface area (Å²) < 4.78 is 43.9. The number of benzene rings is 1. The van der Waals surface area contributed by atoms with E-state index in [4.69, 9.17) is 4.74 Å². The first-order chi connectivity index (χ1) is 10.4. The number of nitrogens with zero attached hydrogens (tertiary/aromatic N) is 1. The van der Waals surface area contributed by atoms with E-state index in [9.17, 15) is 18.0 Å². The monoisotopic (exact) mass is 314 g/mol. The van der Waals surface area contributed by atoms with E-state index >= 15 is 0 Å². The lowest BCUT2D eigenvalue weighted by Crippen LogP contribution is -2.55. The highest BCUT2D eigenvalue weighted by molar-refractivity contribution is 5.78. The van der Waals surface area contributed by atoms with Gasteiger partial charge in [-0.1, -0.05) is 12.1 Å². The largest absolute Gasteiger partial charge is 0.416 e. The standard InChI is InChI=1S/C15H17F3N2O2/c16-15(17,18)12-3-1-2-11(6-12)7-20-10-14(4-5-19-9-14)22-8-13(20)21/h1-3,6,19H,4-5,7-10H2. The summed E-state index contributed by atoms with van der Waals surface area (Å²) in [6.07, 6.45) is -3.57. The number of alkyl halides is 3. The van der Waals surface area contributed by atoms with Crippen molar-refractivity contribution in [2.75, 3.05) is 26.2 Å². The van der Waals surface area contributed by atoms with Crippen LogP contribution in [0.4, 0.5) is 13.2 Å². The number of carbonyl (C=O) groups excluding carboxylic acids is 1. The van der Waals surface area contributed by atoms with Crippen molar-refractivity contribution in [1.82, 2.24) is 10.2 Å². The molecule has 1 spiro atoms. The molecule has 0 bridgehead atoms. The summed E-state index contributed by atoms with van der Waals surface area (Å²) in [5.41, 5.74) is -0.607. The lowest BCUT2D eigenvalue weighted by molar-refractivity contribution is -0.161. The van der Waals surface area contributed by atoms with Crippen molar-refractivity contribution in [1.29, 1.82) is 0 Å². The molecule has 22 heavy (non-hydrogen) atoms. The van der Waals surface area contributed by atoms with Crippen molar-refractivity contribution in [3.8, 4) is 0 Å². The Kier molecular flexibility index (Phi) is 3.86. The summed E-state index contributed by atoms with van der Waals surface area (Å²) in [5, 5.41) is 3.20. The Hall–Kier alpha value is -1.60. The molecular weight excluding hydrogens is 297 g/mol. The molecule has 2 aliphatic rings. The number of nitrogens with one attached hydrogen (secondary N) is 1. The average molecular weight is 314 g/mol. The zero-order valence-corrected chi connectivity index (χ0v) is 11.9. The van der Waals surface area contributed by atoms with Crippen molar-refractivity contribution in [3.63, 3.8) is 0 Å². The summed E-state index contributed by atoms with van der Waals surface area (Å²) in [7, 11) is 0. The topological polar surface area (TPSA) is 41.6 Å². The Morgan fingerprint density at radius 3 is 2.86 bits per heavy atom. The molecule has 1 atom stereocenters. The number of hydrogen-bond donors (Lipinski definition) is 1. The van der Waals surface area contributed by atoms with E-state index in [0.717, 1.165) is 25.1 Å². The third-order valence-electron chi connectivity index (χ3n) is 4.17. The Labute approximate surface area is 126 Å². The summed E-state index contributed by atoms with van der Waals surface area (Å²) in [5.74, 6) is -0.185. The highest BCUT2D eigenvalue weighted by atomic mass is 19.4. The molecule has 0 aliphatic carbocycles. The Morgan fingerprint density at radius 2 is 2.18 bits per heavy atom. The first kappa shape index (κ1) is 15.3. The molecule has 1 aromatic carbocycles. The first-order valence-electron chi connectivity index (χ1n) is 7.17. The number of amides is 1. The van der Waals surface area contributed by atoms with Gasteiger partial charge in [0.15, 0.2) is 0 Å². The molecular formula is C15H17F3N2O2. The van der Waals surface area contributed by atoms with Crippen molar-refractivity contribution in [2.24, 2.45) is 0 Å². The predicted octanol–water partition coefficient (Wildman–Crippen LogP) is 1.80. The van der Waals surface area contributed by atoms with Crippen LogP contribution in [0.5, 0.6) is 0 Å². The maximum absolute atomic E-state index is 12.8. The van der Waals surface area contributed by atoms with E-state index in [0.29, 0.717) is 18.7 Å². The minimum Gasteiger partial charge on any atom is -0.362 e. The van der Waals surface area contributed by atoms with Crippen LogP contribution in [-0.2, 0) is 22.3 Å². The molecule has 2 fully saturated rings. The molecule has 7 heteroatoms. The molecule has 1 unspecified atom stereocenters. The fourth-order valence-corrected chi connectivity index (χ4v) is 2.98. The van der Waals surface area contributed by atoms with Crippen LogP contribution in [0.1, 0.15) is 17.5 Å². The second-order valence-corrected chi connectivity index (χ2v) is 5.85. The molecule has 0 radical (unpaired) electrons. The fraction of sp³-hybridized carbons (Fsp3) is 0.533. The number of rotatable bonds is 2. The Morgan fingerprint density at radius 1 is 1.36 bits per heavy atom. The molecule has 120 valence electrons. The van der Waals surface area contributed by atoms with Gasteiger partial charge in [-0.05, 0) is 30.7 Å². The average Bonchev–Trinajstić information content (AvgIpc) is 2.91. The van der Waals surface area contributed by atoms with Gasteiger partial charge in [-0.25, -0.2) is 0 Å². The van der Waals surface area contributed by atoms with Gasteiger partial charge >= 0.3 is 6.18 Å². The van der Waals surface area contributed by atoms with Gasteiger partial charge in [-0.2, -0.15) is 13.2 Å². The van der Waals surface area contributed by atoms with E-state index in [-0.39, 0.29) is 19.1 Å². The third kappa shape index (κ3) is 3.10. The lowest BCUT2D eigenvalue weighted by atomic mass is 10.00. The van der Waals surface area contributed by atoms with Crippen LogP contribution in [0, 0.1) is 0 Å². The van der Waals surface area contributed by atoms with Gasteiger partial charge in [0.05, 0.1) is 17.7 Å². The predicted molar refractivity (Wildman–Crippen MR) is 73.0 cm³/mol. The van der Waals surface area contributed by atoms with E-state index in [2.05, 4.69) is 5.32 Å². The number of halogens is 3. The molecule has 2 heterocycles. The van der Waals surface area contributed by atoms with Gasteiger partial charge in [0.2, 0.25) is 5.91 Å². The second-order valence-electron chi connectivity index (χ2n) is 5.85. The summed E-state index contributed by atoms with van der Waals surface area (Å²) in [6.45, 7) is 2.06. The minimum atomic E-state index is -4.37. The number of carbonyl (C=O) groups is 1. The van der Waals surface area contributed by atoms with Crippen molar-refractivity contribution < 1.29 is 22.7 Å². The first-order valence-corrected chi connectivity index (χ1v) is 7.17. The van der Waals surface area contributed by atoms with Crippen molar-refractivity contribution in [2.45, 2.75) is 24.7 Å². The Balaban J connectivity index is 1.75. The second kappa shape index (κ2) is 5.55. The van der Waals surface area contributed by atoms with Crippen LogP contribution in [0.2, 0.25) is 0 Å². The fourth-order valence-electron chi connectivity index (χ4n) is 2.98. The van der Waals surface area contributed by atoms with E-state index < -0.39 is 17.3 Å². The molecule has 1 N–H and O–H groups in total. The normalized spacial score (nSPS) is 26.0. The molecule has 1 amide bonds.